The number of aromatic nitrogens is 1. The minimum atomic E-state index is -2.15. The van der Waals surface area contributed by atoms with Crippen molar-refractivity contribution >= 4 is 24.9 Å². The molecule has 0 saturated carbocycles. The van der Waals surface area contributed by atoms with Gasteiger partial charge in [0.15, 0.2) is 8.32 Å². The van der Waals surface area contributed by atoms with Gasteiger partial charge < -0.3 is 30.5 Å². The smallest absolute Gasteiger partial charge is 0.248 e. The third kappa shape index (κ3) is 9.23. The second-order valence-corrected chi connectivity index (χ2v) is 18.7. The van der Waals surface area contributed by atoms with Crippen LogP contribution in [0.15, 0.2) is 114 Å². The Hall–Kier alpha value is -4.21. The maximum Gasteiger partial charge on any atom is 0.248 e. The molecule has 1 heterocycles. The molecule has 0 aliphatic heterocycles. The van der Waals surface area contributed by atoms with Crippen LogP contribution in [0.4, 0.5) is 5.69 Å². The number of nitrogens with one attached hydrogen (secondary N) is 3. The summed E-state index contributed by atoms with van der Waals surface area (Å²) in [6.45, 7) is 13.9. The van der Waals surface area contributed by atoms with Gasteiger partial charge in [-0.3, -0.25) is 4.79 Å². The third-order valence-electron chi connectivity index (χ3n) is 9.35. The fourth-order valence-electron chi connectivity index (χ4n) is 5.43. The van der Waals surface area contributed by atoms with E-state index >= 15 is 0 Å². The number of H-pyrrole nitrogens is 1. The molecule has 8 heteroatoms. The van der Waals surface area contributed by atoms with Gasteiger partial charge in [-0.2, -0.15) is 0 Å². The van der Waals surface area contributed by atoms with Gasteiger partial charge in [0.05, 0.1) is 11.6 Å². The average Bonchev–Trinajstić information content (AvgIpc) is 3.08. The van der Waals surface area contributed by atoms with Crippen molar-refractivity contribution in [2.24, 2.45) is 5.73 Å². The molecule has 5 aromatic rings. The molecule has 0 aliphatic carbocycles. The van der Waals surface area contributed by atoms with E-state index in [1.54, 1.807) is 6.07 Å². The fourth-order valence-corrected chi connectivity index (χ4v) is 6.71. The van der Waals surface area contributed by atoms with Crippen LogP contribution in [0.3, 0.4) is 0 Å². The molecule has 5 N–H and O–H groups in total. The van der Waals surface area contributed by atoms with Crippen molar-refractivity contribution in [1.82, 2.24) is 10.3 Å². The van der Waals surface area contributed by atoms with Crippen molar-refractivity contribution < 1.29 is 9.16 Å². The molecule has 7 nitrogen and oxygen atoms in total. The Kier molecular flexibility index (Phi) is 11.5. The lowest BCUT2D eigenvalue weighted by Gasteiger charge is -2.39. The summed E-state index contributed by atoms with van der Waals surface area (Å²) < 4.78 is 13.3. The van der Waals surface area contributed by atoms with E-state index in [0.717, 1.165) is 40.7 Å². The average molecular weight is 663 g/mol. The highest BCUT2D eigenvalue weighted by molar-refractivity contribution is 6.74. The standard InChI is InChI=1S/C40H50N4O3Si/c1-40(2,3)48(4,5)47-37(27-42-25-24-29-16-18-32(19-17-29)43-26-35(41)31-14-10-7-11-15-31)33-20-22-36(39-34(33)21-23-38(45)44-39)46-28-30-12-8-6-9-13-30/h6-23,35,37,42-43H,24-28,41H2,1-5H3,(H,44,45)/t35?,37-/m0/s1. The minimum Gasteiger partial charge on any atom is -0.487 e. The van der Waals surface area contributed by atoms with E-state index < -0.39 is 8.32 Å². The number of hydrogen-bond acceptors (Lipinski definition) is 6. The highest BCUT2D eigenvalue weighted by Crippen LogP contribution is 2.41. The van der Waals surface area contributed by atoms with Crippen LogP contribution in [-0.2, 0) is 17.5 Å². The SMILES string of the molecule is CC(C)(C)[Si](C)(C)O[C@@H](CNCCc1ccc(NCC(N)c2ccccc2)cc1)c1ccc(OCc2ccccc2)c2[nH]c(=O)ccc12. The van der Waals surface area contributed by atoms with Crippen molar-refractivity contribution in [1.29, 1.82) is 0 Å². The Bertz CT molecular complexity index is 1800. The Balaban J connectivity index is 1.27. The molecule has 0 fully saturated rings. The lowest BCUT2D eigenvalue weighted by atomic mass is 10.0. The lowest BCUT2D eigenvalue weighted by Crippen LogP contribution is -2.43. The Morgan fingerprint density at radius 1 is 0.812 bits per heavy atom. The van der Waals surface area contributed by atoms with Crippen molar-refractivity contribution in [3.63, 3.8) is 0 Å². The van der Waals surface area contributed by atoms with Crippen LogP contribution in [0.5, 0.6) is 5.75 Å². The monoisotopic (exact) mass is 662 g/mol. The Morgan fingerprint density at radius 3 is 2.19 bits per heavy atom. The molecule has 0 bridgehead atoms. The first-order chi connectivity index (χ1) is 23.0. The molecular weight excluding hydrogens is 613 g/mol. The summed E-state index contributed by atoms with van der Waals surface area (Å²) in [5.74, 6) is 0.648. The van der Waals surface area contributed by atoms with E-state index in [9.17, 15) is 4.79 Å². The van der Waals surface area contributed by atoms with E-state index in [1.165, 1.54) is 5.56 Å². The zero-order chi connectivity index (χ0) is 34.1. The predicted molar refractivity (Wildman–Crippen MR) is 201 cm³/mol. The normalized spacial score (nSPS) is 13.3. The van der Waals surface area contributed by atoms with Crippen molar-refractivity contribution in [2.45, 2.75) is 64.1 Å². The molecule has 1 aromatic heterocycles. The second-order valence-electron chi connectivity index (χ2n) is 14.0. The van der Waals surface area contributed by atoms with Gasteiger partial charge in [-0.15, -0.1) is 0 Å². The van der Waals surface area contributed by atoms with Crippen LogP contribution in [0, 0.1) is 0 Å². The van der Waals surface area contributed by atoms with Gasteiger partial charge in [0, 0.05) is 36.3 Å². The fraction of sp³-hybridized carbons (Fsp3) is 0.325. The van der Waals surface area contributed by atoms with E-state index in [0.29, 0.717) is 31.0 Å². The van der Waals surface area contributed by atoms with Crippen molar-refractivity contribution in [2.75, 3.05) is 25.0 Å². The van der Waals surface area contributed by atoms with Crippen LogP contribution >= 0.6 is 0 Å². The van der Waals surface area contributed by atoms with Gasteiger partial charge >= 0.3 is 0 Å². The van der Waals surface area contributed by atoms with E-state index in [-0.39, 0.29) is 22.7 Å². The summed E-state index contributed by atoms with van der Waals surface area (Å²) in [6, 6.07) is 36.2. The van der Waals surface area contributed by atoms with E-state index in [4.69, 9.17) is 14.9 Å². The first-order valence-electron chi connectivity index (χ1n) is 16.8. The van der Waals surface area contributed by atoms with Gasteiger partial charge in [0.2, 0.25) is 5.56 Å². The largest absolute Gasteiger partial charge is 0.487 e. The summed E-state index contributed by atoms with van der Waals surface area (Å²) in [6.07, 6.45) is 0.680. The zero-order valence-corrected chi connectivity index (χ0v) is 29.9. The summed E-state index contributed by atoms with van der Waals surface area (Å²) >= 11 is 0. The quantitative estimate of drug-likeness (QED) is 0.0668. The summed E-state index contributed by atoms with van der Waals surface area (Å²) in [7, 11) is -2.15. The Labute approximate surface area is 286 Å². The summed E-state index contributed by atoms with van der Waals surface area (Å²) in [4.78, 5) is 15.5. The molecule has 4 aromatic carbocycles. The van der Waals surface area contributed by atoms with Gasteiger partial charge in [0.25, 0.3) is 0 Å². The van der Waals surface area contributed by atoms with E-state index in [2.05, 4.69) is 91.9 Å². The van der Waals surface area contributed by atoms with Gasteiger partial charge in [-0.1, -0.05) is 99.6 Å². The van der Waals surface area contributed by atoms with Gasteiger partial charge in [0.1, 0.15) is 12.4 Å². The molecular formula is C40H50N4O3Si. The molecule has 0 saturated heterocycles. The predicted octanol–water partition coefficient (Wildman–Crippen LogP) is 8.11. The first-order valence-corrected chi connectivity index (χ1v) is 19.8. The molecule has 1 unspecified atom stereocenters. The lowest BCUT2D eigenvalue weighted by molar-refractivity contribution is 0.182. The van der Waals surface area contributed by atoms with Gasteiger partial charge in [-0.05, 0) is 77.6 Å². The molecule has 0 spiro atoms. The number of nitrogens with two attached hydrogens (primary N) is 1. The maximum absolute atomic E-state index is 12.5. The number of hydrogen-bond donors (Lipinski definition) is 4. The summed E-state index contributed by atoms with van der Waals surface area (Å²) in [5, 5.41) is 8.10. The van der Waals surface area contributed by atoms with Crippen molar-refractivity contribution in [3.8, 4) is 5.75 Å². The van der Waals surface area contributed by atoms with Crippen LogP contribution in [0.25, 0.3) is 10.9 Å². The maximum atomic E-state index is 12.5. The third-order valence-corrected chi connectivity index (χ3v) is 13.8. The zero-order valence-electron chi connectivity index (χ0n) is 28.9. The van der Waals surface area contributed by atoms with E-state index in [1.807, 2.05) is 60.7 Å². The second kappa shape index (κ2) is 15.8. The molecule has 0 radical (unpaired) electrons. The first kappa shape index (κ1) is 35.1. The number of fused-ring (bicyclic) bond motifs is 1. The van der Waals surface area contributed by atoms with Crippen LogP contribution in [-0.4, -0.2) is 32.9 Å². The highest BCUT2D eigenvalue weighted by Gasteiger charge is 2.39. The van der Waals surface area contributed by atoms with Gasteiger partial charge in [-0.25, -0.2) is 0 Å². The Morgan fingerprint density at radius 2 is 1.50 bits per heavy atom. The van der Waals surface area contributed by atoms with Crippen LogP contribution in [0.1, 0.15) is 55.2 Å². The number of rotatable bonds is 15. The van der Waals surface area contributed by atoms with Crippen LogP contribution < -0.4 is 26.7 Å². The molecule has 252 valence electrons. The number of benzene rings is 4. The topological polar surface area (TPSA) is 101 Å². The molecule has 0 amide bonds. The number of aromatic amines is 1. The van der Waals surface area contributed by atoms with Crippen molar-refractivity contribution in [3.05, 3.63) is 142 Å². The highest BCUT2D eigenvalue weighted by atomic mass is 28.4. The number of pyridine rings is 1. The molecule has 5 rings (SSSR count). The molecule has 0 aliphatic rings. The minimum absolute atomic E-state index is 0.0366. The number of anilines is 1. The molecule has 48 heavy (non-hydrogen) atoms. The summed E-state index contributed by atoms with van der Waals surface area (Å²) in [5.41, 5.74) is 12.4. The molecule has 2 atom stereocenters. The number of ether oxygens (including phenoxy) is 1. The van der Waals surface area contributed by atoms with Crippen LogP contribution in [0.2, 0.25) is 18.1 Å².